The van der Waals surface area contributed by atoms with Gasteiger partial charge in [-0.1, -0.05) is 6.07 Å². The number of non-ortho nitro benzene ring substituents is 1. The number of aromatic nitrogens is 1. The summed E-state index contributed by atoms with van der Waals surface area (Å²) in [7, 11) is -3.10. The molecule has 1 aromatic heterocycles. The SMILES string of the molecule is Cc1cc(C(=O)COC(=O)[C@H](C)NC(=O)c2cccc([N+](=O)[O-])c2)c(C)n1C1CCS(=O)(=O)C1. The number of benzene rings is 1. The Morgan fingerprint density at radius 1 is 1.26 bits per heavy atom. The van der Waals surface area contributed by atoms with Crippen LogP contribution in [-0.2, 0) is 19.4 Å². The molecule has 1 amide bonds. The summed E-state index contributed by atoms with van der Waals surface area (Å²) in [4.78, 5) is 47.5. The summed E-state index contributed by atoms with van der Waals surface area (Å²) in [6, 6.07) is 5.35. The third kappa shape index (κ3) is 5.50. The average molecular weight is 492 g/mol. The van der Waals surface area contributed by atoms with Crippen LogP contribution in [0.4, 0.5) is 5.69 Å². The molecule has 2 atom stereocenters. The molecule has 1 unspecified atom stereocenters. The van der Waals surface area contributed by atoms with Crippen molar-refractivity contribution >= 4 is 33.2 Å². The molecule has 0 spiro atoms. The van der Waals surface area contributed by atoms with Crippen LogP contribution in [0, 0.1) is 24.0 Å². The van der Waals surface area contributed by atoms with Crippen molar-refractivity contribution in [2.45, 2.75) is 39.3 Å². The van der Waals surface area contributed by atoms with Gasteiger partial charge in [0.05, 0.1) is 16.4 Å². The first kappa shape index (κ1) is 25.1. The third-order valence-corrected chi connectivity index (χ3v) is 7.47. The Morgan fingerprint density at radius 3 is 2.59 bits per heavy atom. The fraction of sp³-hybridized carbons (Fsp3) is 0.409. The quantitative estimate of drug-likeness (QED) is 0.254. The van der Waals surface area contributed by atoms with E-state index in [1.54, 1.807) is 19.9 Å². The molecule has 1 N–H and O–H groups in total. The van der Waals surface area contributed by atoms with Crippen molar-refractivity contribution in [1.29, 1.82) is 0 Å². The van der Waals surface area contributed by atoms with Crippen molar-refractivity contribution in [2.24, 2.45) is 0 Å². The molecule has 1 aromatic carbocycles. The largest absolute Gasteiger partial charge is 0.456 e. The van der Waals surface area contributed by atoms with Crippen LogP contribution in [0.1, 0.15) is 51.5 Å². The standard InChI is InChI=1S/C22H25N3O8S/c1-13-9-19(15(3)24(13)18-7-8-34(31,32)12-18)20(26)11-33-22(28)14(2)23-21(27)16-5-4-6-17(10-16)25(29)30/h4-6,9-10,14,18H,7-8,11-12H2,1-3H3,(H,23,27)/t14-,18?/m0/s1. The van der Waals surface area contributed by atoms with Crippen molar-refractivity contribution < 1.29 is 32.5 Å². The Kier molecular flexibility index (Phi) is 7.20. The fourth-order valence-electron chi connectivity index (χ4n) is 4.04. The molecule has 2 heterocycles. The van der Waals surface area contributed by atoms with Crippen molar-refractivity contribution in [3.05, 3.63) is 63.0 Å². The topological polar surface area (TPSA) is 155 Å². The van der Waals surface area contributed by atoms with Gasteiger partial charge in [-0.3, -0.25) is 19.7 Å². The Bertz CT molecular complexity index is 1260. The Balaban J connectivity index is 1.60. The Morgan fingerprint density at radius 2 is 1.97 bits per heavy atom. The molecule has 0 bridgehead atoms. The highest BCUT2D eigenvalue weighted by Gasteiger charge is 2.32. The van der Waals surface area contributed by atoms with Gasteiger partial charge in [-0.2, -0.15) is 0 Å². The number of carbonyl (C=O) groups excluding carboxylic acids is 3. The molecule has 1 aliphatic heterocycles. The van der Waals surface area contributed by atoms with Gasteiger partial charge in [-0.05, 0) is 39.3 Å². The number of hydrogen-bond acceptors (Lipinski definition) is 8. The fourth-order valence-corrected chi connectivity index (χ4v) is 5.74. The molecule has 34 heavy (non-hydrogen) atoms. The van der Waals surface area contributed by atoms with E-state index in [-0.39, 0.29) is 28.8 Å². The monoisotopic (exact) mass is 491 g/mol. The van der Waals surface area contributed by atoms with Gasteiger partial charge in [-0.15, -0.1) is 0 Å². The highest BCUT2D eigenvalue weighted by Crippen LogP contribution is 2.29. The maximum absolute atomic E-state index is 12.7. The van der Waals surface area contributed by atoms with Gasteiger partial charge in [0.2, 0.25) is 5.78 Å². The second kappa shape index (κ2) is 9.75. The van der Waals surface area contributed by atoms with Gasteiger partial charge in [0.25, 0.3) is 11.6 Å². The molecule has 1 saturated heterocycles. The second-order valence-corrected chi connectivity index (χ2v) is 10.5. The summed E-state index contributed by atoms with van der Waals surface area (Å²) in [6.07, 6.45) is 0.475. The number of sulfone groups is 1. The molecule has 0 aliphatic carbocycles. The number of carbonyl (C=O) groups is 3. The zero-order chi connectivity index (χ0) is 25.2. The van der Waals surface area contributed by atoms with Crippen LogP contribution >= 0.6 is 0 Å². The summed E-state index contributed by atoms with van der Waals surface area (Å²) in [6.45, 7) is 4.32. The molecule has 11 nitrogen and oxygen atoms in total. The average Bonchev–Trinajstić information content (AvgIpc) is 3.28. The van der Waals surface area contributed by atoms with Crippen LogP contribution in [0.5, 0.6) is 0 Å². The Hall–Kier alpha value is -3.54. The number of nitro benzene ring substituents is 1. The molecule has 1 fully saturated rings. The Labute approximate surface area is 196 Å². The smallest absolute Gasteiger partial charge is 0.328 e. The minimum Gasteiger partial charge on any atom is -0.456 e. The number of amides is 1. The normalized spacial score (nSPS) is 17.7. The molecule has 0 saturated carbocycles. The van der Waals surface area contributed by atoms with Gasteiger partial charge in [0, 0.05) is 40.7 Å². The van der Waals surface area contributed by atoms with Crippen LogP contribution in [0.15, 0.2) is 30.3 Å². The van der Waals surface area contributed by atoms with E-state index in [0.29, 0.717) is 17.7 Å². The van der Waals surface area contributed by atoms with E-state index in [4.69, 9.17) is 4.74 Å². The van der Waals surface area contributed by atoms with Crippen LogP contribution < -0.4 is 5.32 Å². The summed E-state index contributed by atoms with van der Waals surface area (Å²) in [5, 5.41) is 13.2. The lowest BCUT2D eigenvalue weighted by Crippen LogP contribution is -2.40. The number of nitrogens with zero attached hydrogens (tertiary/aromatic N) is 2. The third-order valence-electron chi connectivity index (χ3n) is 5.72. The number of ether oxygens (including phenoxy) is 1. The molecular weight excluding hydrogens is 466 g/mol. The number of aryl methyl sites for hydroxylation is 1. The second-order valence-electron chi connectivity index (χ2n) is 8.25. The molecule has 182 valence electrons. The first-order valence-corrected chi connectivity index (χ1v) is 12.4. The molecule has 1 aliphatic rings. The van der Waals surface area contributed by atoms with Crippen LogP contribution in [0.2, 0.25) is 0 Å². The number of esters is 1. The van der Waals surface area contributed by atoms with E-state index in [0.717, 1.165) is 11.8 Å². The number of nitro groups is 1. The molecular formula is C22H25N3O8S. The van der Waals surface area contributed by atoms with Gasteiger partial charge in [0.15, 0.2) is 16.4 Å². The van der Waals surface area contributed by atoms with E-state index in [9.17, 15) is 32.9 Å². The summed E-state index contributed by atoms with van der Waals surface area (Å²) < 4.78 is 30.6. The number of Topliss-reactive ketones (excluding diaryl/α,β-unsaturated/α-hetero) is 1. The summed E-state index contributed by atoms with van der Waals surface area (Å²) >= 11 is 0. The number of ketones is 1. The lowest BCUT2D eigenvalue weighted by molar-refractivity contribution is -0.384. The predicted molar refractivity (Wildman–Crippen MR) is 122 cm³/mol. The van der Waals surface area contributed by atoms with E-state index in [1.807, 2.05) is 4.57 Å². The summed E-state index contributed by atoms with van der Waals surface area (Å²) in [5.74, 6) is -1.87. The van der Waals surface area contributed by atoms with Crippen molar-refractivity contribution in [3.63, 3.8) is 0 Å². The molecule has 3 rings (SSSR count). The lowest BCUT2D eigenvalue weighted by atomic mass is 10.1. The van der Waals surface area contributed by atoms with Gasteiger partial charge in [0.1, 0.15) is 6.04 Å². The summed E-state index contributed by atoms with van der Waals surface area (Å²) in [5.41, 5.74) is 1.43. The first-order chi connectivity index (χ1) is 15.9. The maximum Gasteiger partial charge on any atom is 0.328 e. The lowest BCUT2D eigenvalue weighted by Gasteiger charge is -2.16. The van der Waals surface area contributed by atoms with Crippen LogP contribution in [-0.4, -0.2) is 59.7 Å². The van der Waals surface area contributed by atoms with Gasteiger partial charge >= 0.3 is 5.97 Å². The van der Waals surface area contributed by atoms with Crippen LogP contribution in [0.3, 0.4) is 0 Å². The highest BCUT2D eigenvalue weighted by atomic mass is 32.2. The molecule has 12 heteroatoms. The van der Waals surface area contributed by atoms with E-state index in [1.165, 1.54) is 25.1 Å². The van der Waals surface area contributed by atoms with Crippen molar-refractivity contribution in [1.82, 2.24) is 9.88 Å². The number of nitrogens with one attached hydrogen (secondary N) is 1. The minimum absolute atomic E-state index is 0.00583. The van der Waals surface area contributed by atoms with E-state index in [2.05, 4.69) is 5.32 Å². The van der Waals surface area contributed by atoms with Gasteiger partial charge < -0.3 is 14.6 Å². The number of rotatable bonds is 8. The molecule has 0 radical (unpaired) electrons. The minimum atomic E-state index is -3.10. The maximum atomic E-state index is 12.7. The van der Waals surface area contributed by atoms with Crippen molar-refractivity contribution in [2.75, 3.05) is 18.1 Å². The van der Waals surface area contributed by atoms with Crippen molar-refractivity contribution in [3.8, 4) is 0 Å². The predicted octanol–water partition coefficient (Wildman–Crippen LogP) is 1.92. The first-order valence-electron chi connectivity index (χ1n) is 10.5. The highest BCUT2D eigenvalue weighted by molar-refractivity contribution is 7.91. The molecule has 2 aromatic rings. The van der Waals surface area contributed by atoms with E-state index < -0.39 is 45.1 Å². The van der Waals surface area contributed by atoms with E-state index >= 15 is 0 Å². The van der Waals surface area contributed by atoms with Gasteiger partial charge in [-0.25, -0.2) is 13.2 Å². The number of hydrogen-bond donors (Lipinski definition) is 1. The zero-order valence-electron chi connectivity index (χ0n) is 18.9. The zero-order valence-corrected chi connectivity index (χ0v) is 19.8. The van der Waals surface area contributed by atoms with Crippen LogP contribution in [0.25, 0.3) is 0 Å².